The van der Waals surface area contributed by atoms with E-state index in [-0.39, 0.29) is 0 Å². The van der Waals surface area contributed by atoms with E-state index in [1.807, 2.05) is 12.1 Å². The average molecular weight is 294 g/mol. The molecule has 1 heterocycles. The van der Waals surface area contributed by atoms with Crippen LogP contribution in [-0.2, 0) is 6.42 Å². The minimum atomic E-state index is 0.422. The molecular formula is C16H20ClNS. The Morgan fingerprint density at radius 1 is 1.21 bits per heavy atom. The van der Waals surface area contributed by atoms with Crippen molar-refractivity contribution in [2.75, 3.05) is 6.54 Å². The van der Waals surface area contributed by atoms with E-state index in [0.717, 1.165) is 18.0 Å². The monoisotopic (exact) mass is 293 g/mol. The lowest BCUT2D eigenvalue weighted by molar-refractivity contribution is 0.527. The Morgan fingerprint density at radius 3 is 2.63 bits per heavy atom. The van der Waals surface area contributed by atoms with Crippen LogP contribution in [0.4, 0.5) is 0 Å². The molecule has 1 unspecified atom stereocenters. The Morgan fingerprint density at radius 2 is 2.00 bits per heavy atom. The van der Waals surface area contributed by atoms with Gasteiger partial charge in [-0.3, -0.25) is 0 Å². The van der Waals surface area contributed by atoms with Crippen molar-refractivity contribution < 1.29 is 0 Å². The Balaban J connectivity index is 2.16. The summed E-state index contributed by atoms with van der Waals surface area (Å²) in [6.07, 6.45) is 1.03. The van der Waals surface area contributed by atoms with Crippen molar-refractivity contribution in [3.05, 3.63) is 57.2 Å². The van der Waals surface area contributed by atoms with Crippen LogP contribution in [-0.4, -0.2) is 12.6 Å². The summed E-state index contributed by atoms with van der Waals surface area (Å²) < 4.78 is 0. The molecule has 0 saturated carbocycles. The largest absolute Gasteiger partial charge is 0.314 e. The Bertz CT molecular complexity index is 493. The molecule has 0 spiro atoms. The first kappa shape index (κ1) is 14.6. The quantitative estimate of drug-likeness (QED) is 0.812. The third-order valence-corrected chi connectivity index (χ3v) is 4.26. The smallest absolute Gasteiger partial charge is 0.0441 e. The van der Waals surface area contributed by atoms with Crippen LogP contribution in [0.3, 0.4) is 0 Å². The number of hydrogen-bond donors (Lipinski definition) is 1. The highest BCUT2D eigenvalue weighted by Gasteiger charge is 2.15. The second-order valence-electron chi connectivity index (χ2n) is 5.12. The van der Waals surface area contributed by atoms with Gasteiger partial charge in [-0.2, -0.15) is 11.3 Å². The van der Waals surface area contributed by atoms with E-state index in [0.29, 0.717) is 12.0 Å². The van der Waals surface area contributed by atoms with Gasteiger partial charge in [0.2, 0.25) is 0 Å². The van der Waals surface area contributed by atoms with Gasteiger partial charge in [0.15, 0.2) is 0 Å². The summed E-state index contributed by atoms with van der Waals surface area (Å²) in [7, 11) is 0. The van der Waals surface area contributed by atoms with Crippen molar-refractivity contribution >= 4 is 22.9 Å². The molecular weight excluding hydrogens is 274 g/mol. The Hall–Kier alpha value is -0.830. The Kier molecular flexibility index (Phi) is 5.44. The summed E-state index contributed by atoms with van der Waals surface area (Å²) in [4.78, 5) is 0. The van der Waals surface area contributed by atoms with Gasteiger partial charge in [-0.05, 0) is 40.4 Å². The Labute approximate surface area is 124 Å². The first-order valence-electron chi connectivity index (χ1n) is 6.65. The molecule has 0 aliphatic heterocycles. The van der Waals surface area contributed by atoms with E-state index in [9.17, 15) is 0 Å². The van der Waals surface area contributed by atoms with E-state index in [1.54, 1.807) is 11.3 Å². The highest BCUT2D eigenvalue weighted by molar-refractivity contribution is 7.07. The van der Waals surface area contributed by atoms with E-state index in [2.05, 4.69) is 48.1 Å². The molecule has 0 aliphatic carbocycles. The second kappa shape index (κ2) is 7.09. The topological polar surface area (TPSA) is 12.0 Å². The van der Waals surface area contributed by atoms with E-state index in [4.69, 9.17) is 11.6 Å². The summed E-state index contributed by atoms with van der Waals surface area (Å²) >= 11 is 8.10. The third kappa shape index (κ3) is 4.34. The summed E-state index contributed by atoms with van der Waals surface area (Å²) in [6.45, 7) is 5.31. The van der Waals surface area contributed by atoms with E-state index >= 15 is 0 Å². The lowest BCUT2D eigenvalue weighted by atomic mass is 9.92. The third-order valence-electron chi connectivity index (χ3n) is 3.18. The first-order chi connectivity index (χ1) is 9.16. The van der Waals surface area contributed by atoms with E-state index in [1.165, 1.54) is 11.1 Å². The van der Waals surface area contributed by atoms with Gasteiger partial charge < -0.3 is 5.32 Å². The molecule has 0 fully saturated rings. The standard InChI is InChI=1S/C16H20ClNS/c1-12(2)18-10-14(9-13-7-8-19-11-13)15-5-3-4-6-16(15)17/h3-8,11-12,14,18H,9-10H2,1-2H3. The number of thiophene rings is 1. The molecule has 102 valence electrons. The van der Waals surface area contributed by atoms with Gasteiger partial charge in [0.1, 0.15) is 0 Å². The predicted molar refractivity (Wildman–Crippen MR) is 85.4 cm³/mol. The van der Waals surface area contributed by atoms with Crippen molar-refractivity contribution in [2.24, 2.45) is 0 Å². The maximum absolute atomic E-state index is 6.35. The zero-order valence-electron chi connectivity index (χ0n) is 11.4. The van der Waals surface area contributed by atoms with Gasteiger partial charge >= 0.3 is 0 Å². The van der Waals surface area contributed by atoms with Crippen LogP contribution < -0.4 is 5.32 Å². The molecule has 2 aromatic rings. The number of rotatable bonds is 6. The normalized spacial score (nSPS) is 12.8. The molecule has 1 aromatic carbocycles. The van der Waals surface area contributed by atoms with Crippen LogP contribution in [0.15, 0.2) is 41.1 Å². The van der Waals surface area contributed by atoms with Crippen LogP contribution in [0.2, 0.25) is 5.02 Å². The zero-order chi connectivity index (χ0) is 13.7. The molecule has 0 amide bonds. The maximum Gasteiger partial charge on any atom is 0.0441 e. The van der Waals surface area contributed by atoms with Gasteiger partial charge in [0.25, 0.3) is 0 Å². The van der Waals surface area contributed by atoms with Crippen LogP contribution in [0, 0.1) is 0 Å². The summed E-state index contributed by atoms with van der Waals surface area (Å²) in [6, 6.07) is 10.9. The summed E-state index contributed by atoms with van der Waals surface area (Å²) in [5.41, 5.74) is 2.63. The van der Waals surface area contributed by atoms with Crippen molar-refractivity contribution in [1.29, 1.82) is 0 Å². The molecule has 1 N–H and O–H groups in total. The van der Waals surface area contributed by atoms with Crippen LogP contribution in [0.5, 0.6) is 0 Å². The molecule has 0 radical (unpaired) electrons. The molecule has 1 nitrogen and oxygen atoms in total. The highest BCUT2D eigenvalue weighted by Crippen LogP contribution is 2.27. The fourth-order valence-electron chi connectivity index (χ4n) is 2.17. The first-order valence-corrected chi connectivity index (χ1v) is 7.97. The van der Waals surface area contributed by atoms with Gasteiger partial charge in [-0.15, -0.1) is 0 Å². The molecule has 2 rings (SSSR count). The lowest BCUT2D eigenvalue weighted by Gasteiger charge is -2.20. The SMILES string of the molecule is CC(C)NCC(Cc1ccsc1)c1ccccc1Cl. The molecule has 1 atom stereocenters. The highest BCUT2D eigenvalue weighted by atomic mass is 35.5. The molecule has 0 aliphatic rings. The predicted octanol–water partition coefficient (Wildman–Crippen LogP) is 4.73. The minimum absolute atomic E-state index is 0.422. The number of hydrogen-bond acceptors (Lipinski definition) is 2. The fraction of sp³-hybridized carbons (Fsp3) is 0.375. The molecule has 19 heavy (non-hydrogen) atoms. The van der Waals surface area contributed by atoms with Gasteiger partial charge in [-0.25, -0.2) is 0 Å². The second-order valence-corrected chi connectivity index (χ2v) is 6.30. The summed E-state index contributed by atoms with van der Waals surface area (Å²) in [5, 5.41) is 8.75. The summed E-state index contributed by atoms with van der Waals surface area (Å²) in [5.74, 6) is 0.422. The number of nitrogens with one attached hydrogen (secondary N) is 1. The fourth-order valence-corrected chi connectivity index (χ4v) is 3.14. The molecule has 0 bridgehead atoms. The lowest BCUT2D eigenvalue weighted by Crippen LogP contribution is -2.29. The molecule has 3 heteroatoms. The molecule has 1 aromatic heterocycles. The van der Waals surface area contributed by atoms with Crippen molar-refractivity contribution in [1.82, 2.24) is 5.32 Å². The van der Waals surface area contributed by atoms with Gasteiger partial charge in [0.05, 0.1) is 0 Å². The van der Waals surface area contributed by atoms with E-state index < -0.39 is 0 Å². The van der Waals surface area contributed by atoms with Gasteiger partial charge in [0, 0.05) is 23.5 Å². The van der Waals surface area contributed by atoms with Gasteiger partial charge in [-0.1, -0.05) is 43.6 Å². The van der Waals surface area contributed by atoms with Crippen LogP contribution >= 0.6 is 22.9 Å². The average Bonchev–Trinajstić information content (AvgIpc) is 2.88. The zero-order valence-corrected chi connectivity index (χ0v) is 13.0. The van der Waals surface area contributed by atoms with Crippen molar-refractivity contribution in [2.45, 2.75) is 32.2 Å². The van der Waals surface area contributed by atoms with Crippen molar-refractivity contribution in [3.63, 3.8) is 0 Å². The minimum Gasteiger partial charge on any atom is -0.314 e. The number of benzene rings is 1. The van der Waals surface area contributed by atoms with Crippen LogP contribution in [0.1, 0.15) is 30.9 Å². The molecule has 0 saturated heterocycles. The number of halogens is 1. The van der Waals surface area contributed by atoms with Crippen LogP contribution in [0.25, 0.3) is 0 Å². The van der Waals surface area contributed by atoms with Crippen molar-refractivity contribution in [3.8, 4) is 0 Å². The maximum atomic E-state index is 6.35.